The van der Waals surface area contributed by atoms with E-state index in [4.69, 9.17) is 16.3 Å². The Labute approximate surface area is 172 Å². The molecule has 4 aromatic rings. The minimum absolute atomic E-state index is 0.328. The number of aryl methyl sites for hydroxylation is 1. The maximum Gasteiger partial charge on any atom is 0.160 e. The number of hydrogen-bond donors (Lipinski definition) is 1. The van der Waals surface area contributed by atoms with Gasteiger partial charge in [0, 0.05) is 11.8 Å². The second-order valence-corrected chi connectivity index (χ2v) is 7.11. The van der Waals surface area contributed by atoms with Gasteiger partial charge < -0.3 is 10.1 Å². The van der Waals surface area contributed by atoms with E-state index in [-0.39, 0.29) is 0 Å². The van der Waals surface area contributed by atoms with Crippen LogP contribution in [0, 0.1) is 12.7 Å². The van der Waals surface area contributed by atoms with Gasteiger partial charge in [0.25, 0.3) is 0 Å². The number of pyridine rings is 2. The fourth-order valence-corrected chi connectivity index (χ4v) is 3.03. The lowest BCUT2D eigenvalue weighted by Crippen LogP contribution is -1.99. The van der Waals surface area contributed by atoms with Gasteiger partial charge in [-0.25, -0.2) is 19.3 Å². The van der Waals surface area contributed by atoms with Crippen molar-refractivity contribution in [2.45, 2.75) is 6.92 Å². The van der Waals surface area contributed by atoms with Gasteiger partial charge >= 0.3 is 0 Å². The van der Waals surface area contributed by atoms with Crippen molar-refractivity contribution in [3.05, 3.63) is 70.1 Å². The molecule has 0 saturated carbocycles. The van der Waals surface area contributed by atoms with Crippen LogP contribution in [-0.2, 0) is 0 Å². The molecule has 140 valence electrons. The Balaban J connectivity index is 1.62. The van der Waals surface area contributed by atoms with Crippen LogP contribution in [-0.4, -0.2) is 19.9 Å². The summed E-state index contributed by atoms with van der Waals surface area (Å²) in [7, 11) is 0. The van der Waals surface area contributed by atoms with Gasteiger partial charge in [-0.05, 0) is 52.7 Å². The molecule has 0 saturated heterocycles. The van der Waals surface area contributed by atoms with Crippen molar-refractivity contribution in [1.82, 2.24) is 19.9 Å². The van der Waals surface area contributed by atoms with Gasteiger partial charge in [0.15, 0.2) is 5.82 Å². The number of ether oxygens (including phenoxy) is 1. The summed E-state index contributed by atoms with van der Waals surface area (Å²) in [5.41, 5.74) is 2.84. The number of benzene rings is 1. The Bertz CT molecular complexity index is 1190. The number of anilines is 2. The van der Waals surface area contributed by atoms with E-state index < -0.39 is 5.82 Å². The Morgan fingerprint density at radius 3 is 2.79 bits per heavy atom. The van der Waals surface area contributed by atoms with E-state index in [2.05, 4.69) is 41.2 Å². The van der Waals surface area contributed by atoms with E-state index in [1.807, 2.05) is 19.1 Å². The highest BCUT2D eigenvalue weighted by Crippen LogP contribution is 2.31. The fraction of sp³-hybridized carbons (Fsp3) is 0.0526. The number of nitrogens with zero attached hydrogens (tertiary/aromatic N) is 4. The van der Waals surface area contributed by atoms with Gasteiger partial charge in [0.1, 0.15) is 34.3 Å². The van der Waals surface area contributed by atoms with Crippen molar-refractivity contribution in [1.29, 1.82) is 0 Å². The Morgan fingerprint density at radius 2 is 2.00 bits per heavy atom. The first-order chi connectivity index (χ1) is 13.5. The Kier molecular flexibility index (Phi) is 5.06. The molecule has 28 heavy (non-hydrogen) atoms. The van der Waals surface area contributed by atoms with Crippen LogP contribution >= 0.6 is 27.5 Å². The predicted molar refractivity (Wildman–Crippen MR) is 109 cm³/mol. The molecule has 0 atom stereocenters. The fourth-order valence-electron chi connectivity index (χ4n) is 2.58. The van der Waals surface area contributed by atoms with Crippen LogP contribution in [0.4, 0.5) is 15.9 Å². The molecule has 9 heteroatoms. The molecule has 0 radical (unpaired) electrons. The Hall–Kier alpha value is -2.84. The second-order valence-electron chi connectivity index (χ2n) is 5.90. The summed E-state index contributed by atoms with van der Waals surface area (Å²) in [6.45, 7) is 1.89. The Morgan fingerprint density at radius 1 is 1.14 bits per heavy atom. The largest absolute Gasteiger partial charge is 0.455 e. The summed E-state index contributed by atoms with van der Waals surface area (Å²) in [5.74, 6) is 0.995. The standard InChI is InChI=1S/C19H12BrClFN5O/c1-10-4-12(2-3-16(10)28-13-5-11(22)7-23-8-13)26-19-17-15(24-9-25-19)6-14(20)18(21)27-17/h2-9H,1H3,(H,24,25,26). The highest BCUT2D eigenvalue weighted by molar-refractivity contribution is 9.10. The average molecular weight is 461 g/mol. The molecule has 3 aromatic heterocycles. The minimum Gasteiger partial charge on any atom is -0.455 e. The second kappa shape index (κ2) is 7.65. The maximum atomic E-state index is 13.3. The van der Waals surface area contributed by atoms with Crippen molar-refractivity contribution in [2.75, 3.05) is 5.32 Å². The molecule has 1 N–H and O–H groups in total. The number of rotatable bonds is 4. The third kappa shape index (κ3) is 3.88. The first-order valence-corrected chi connectivity index (χ1v) is 9.29. The van der Waals surface area contributed by atoms with Crippen LogP contribution < -0.4 is 10.1 Å². The van der Waals surface area contributed by atoms with Crippen LogP contribution in [0.5, 0.6) is 11.5 Å². The first-order valence-electron chi connectivity index (χ1n) is 8.12. The third-order valence-electron chi connectivity index (χ3n) is 3.87. The molecule has 0 amide bonds. The lowest BCUT2D eigenvalue weighted by atomic mass is 10.2. The van der Waals surface area contributed by atoms with Crippen molar-refractivity contribution in [3.63, 3.8) is 0 Å². The smallest absolute Gasteiger partial charge is 0.160 e. The molecule has 0 fully saturated rings. The summed E-state index contributed by atoms with van der Waals surface area (Å²) < 4.78 is 19.6. The van der Waals surface area contributed by atoms with Crippen LogP contribution in [0.1, 0.15) is 5.56 Å². The molecular weight excluding hydrogens is 449 g/mol. The normalized spacial score (nSPS) is 10.9. The van der Waals surface area contributed by atoms with E-state index in [1.165, 1.54) is 18.6 Å². The van der Waals surface area contributed by atoms with E-state index in [0.29, 0.717) is 38.0 Å². The zero-order valence-electron chi connectivity index (χ0n) is 14.4. The molecule has 0 bridgehead atoms. The van der Waals surface area contributed by atoms with Gasteiger partial charge in [-0.3, -0.25) is 4.98 Å². The molecule has 3 heterocycles. The molecule has 1 aromatic carbocycles. The first kappa shape index (κ1) is 18.5. The summed E-state index contributed by atoms with van der Waals surface area (Å²) in [5, 5.41) is 3.55. The van der Waals surface area contributed by atoms with Crippen molar-refractivity contribution < 1.29 is 9.13 Å². The van der Waals surface area contributed by atoms with E-state index in [9.17, 15) is 4.39 Å². The van der Waals surface area contributed by atoms with Crippen LogP contribution in [0.2, 0.25) is 5.15 Å². The monoisotopic (exact) mass is 459 g/mol. The zero-order valence-corrected chi connectivity index (χ0v) is 16.8. The molecule has 6 nitrogen and oxygen atoms in total. The van der Waals surface area contributed by atoms with Gasteiger partial charge in [0.2, 0.25) is 0 Å². The molecule has 0 unspecified atom stereocenters. The molecule has 0 aliphatic rings. The van der Waals surface area contributed by atoms with Crippen molar-refractivity contribution >= 4 is 50.1 Å². The molecule has 0 spiro atoms. The van der Waals surface area contributed by atoms with Crippen LogP contribution in [0.15, 0.2) is 53.5 Å². The number of fused-ring (bicyclic) bond motifs is 1. The highest BCUT2D eigenvalue weighted by atomic mass is 79.9. The predicted octanol–water partition coefficient (Wildman–Crippen LogP) is 5.82. The number of hydrogen-bond acceptors (Lipinski definition) is 6. The van der Waals surface area contributed by atoms with Crippen LogP contribution in [0.25, 0.3) is 11.0 Å². The zero-order chi connectivity index (χ0) is 19.7. The topological polar surface area (TPSA) is 72.8 Å². The molecule has 4 rings (SSSR count). The number of aromatic nitrogens is 4. The summed E-state index contributed by atoms with van der Waals surface area (Å²) >= 11 is 9.45. The molecule has 0 aliphatic carbocycles. The average Bonchev–Trinajstić information content (AvgIpc) is 2.66. The lowest BCUT2D eigenvalue weighted by molar-refractivity contribution is 0.470. The van der Waals surface area contributed by atoms with Gasteiger partial charge in [-0.15, -0.1) is 0 Å². The quantitative estimate of drug-likeness (QED) is 0.387. The van der Waals surface area contributed by atoms with Crippen molar-refractivity contribution in [2.24, 2.45) is 0 Å². The minimum atomic E-state index is -0.457. The highest BCUT2D eigenvalue weighted by Gasteiger charge is 2.11. The van der Waals surface area contributed by atoms with E-state index >= 15 is 0 Å². The van der Waals surface area contributed by atoms with Gasteiger partial charge in [-0.2, -0.15) is 0 Å². The SMILES string of the molecule is Cc1cc(Nc2ncnc3cc(Br)c(Cl)nc23)ccc1Oc1cncc(F)c1. The van der Waals surface area contributed by atoms with Crippen molar-refractivity contribution in [3.8, 4) is 11.5 Å². The van der Waals surface area contributed by atoms with Gasteiger partial charge in [-0.1, -0.05) is 11.6 Å². The molecule has 0 aliphatic heterocycles. The van der Waals surface area contributed by atoms with Gasteiger partial charge in [0.05, 0.1) is 22.4 Å². The number of halogens is 3. The summed E-state index contributed by atoms with van der Waals surface area (Å²) in [6, 6.07) is 8.55. The molecular formula is C19H12BrClFN5O. The summed E-state index contributed by atoms with van der Waals surface area (Å²) in [6.07, 6.45) is 4.03. The van der Waals surface area contributed by atoms with E-state index in [1.54, 1.807) is 12.1 Å². The third-order valence-corrected chi connectivity index (χ3v) is 4.99. The van der Waals surface area contributed by atoms with E-state index in [0.717, 1.165) is 17.4 Å². The number of nitrogens with one attached hydrogen (secondary N) is 1. The summed E-state index contributed by atoms with van der Waals surface area (Å²) in [4.78, 5) is 16.6. The lowest BCUT2D eigenvalue weighted by Gasteiger charge is -2.12. The maximum absolute atomic E-state index is 13.3. The van der Waals surface area contributed by atoms with Crippen LogP contribution in [0.3, 0.4) is 0 Å².